The first-order chi connectivity index (χ1) is 7.29. The maximum atomic E-state index is 10.6. The first kappa shape index (κ1) is 12.6. The van der Waals surface area contributed by atoms with E-state index in [0.29, 0.717) is 5.56 Å². The molecule has 16 heavy (non-hydrogen) atoms. The summed E-state index contributed by atoms with van der Waals surface area (Å²) in [4.78, 5) is 10.1. The Labute approximate surface area is 95.1 Å². The fraction of sp³-hybridized carbons (Fsp3) is 0.417. The van der Waals surface area contributed by atoms with Crippen molar-refractivity contribution >= 4 is 5.69 Å². The molecule has 0 bridgehead atoms. The van der Waals surface area contributed by atoms with Crippen molar-refractivity contribution < 1.29 is 10.0 Å². The van der Waals surface area contributed by atoms with Crippen LogP contribution in [-0.2, 0) is 0 Å². The number of non-ortho nitro benzene ring substituents is 1. The monoisotopic (exact) mass is 222 g/mol. The number of rotatable bonds is 3. The molecular formula is C12H16NO3. The molecule has 0 aliphatic heterocycles. The summed E-state index contributed by atoms with van der Waals surface area (Å²) in [6.07, 6.45) is 0.978. The average molecular weight is 222 g/mol. The lowest BCUT2D eigenvalue weighted by molar-refractivity contribution is -0.385. The van der Waals surface area contributed by atoms with Crippen LogP contribution >= 0.6 is 0 Å². The van der Waals surface area contributed by atoms with Gasteiger partial charge in [-0.25, -0.2) is 0 Å². The van der Waals surface area contributed by atoms with Crippen molar-refractivity contribution in [2.45, 2.75) is 26.9 Å². The third-order valence-corrected chi connectivity index (χ3v) is 2.08. The molecule has 0 aliphatic carbocycles. The van der Waals surface area contributed by atoms with Gasteiger partial charge in [0, 0.05) is 12.1 Å². The van der Waals surface area contributed by atoms with E-state index in [1.165, 1.54) is 12.1 Å². The minimum atomic E-state index is -0.778. The zero-order valence-corrected chi connectivity index (χ0v) is 9.68. The maximum Gasteiger partial charge on any atom is 0.269 e. The molecule has 1 N–H and O–H groups in total. The summed E-state index contributed by atoms with van der Waals surface area (Å²) in [6.45, 7) is 5.90. The van der Waals surface area contributed by atoms with Gasteiger partial charge in [0.2, 0.25) is 0 Å². The summed E-state index contributed by atoms with van der Waals surface area (Å²) in [5.74, 6) is 0. The lowest BCUT2D eigenvalue weighted by atomic mass is 9.87. The molecule has 1 atom stereocenters. The summed E-state index contributed by atoms with van der Waals surface area (Å²) in [5, 5.41) is 20.5. The van der Waals surface area contributed by atoms with Crippen LogP contribution in [0.15, 0.2) is 24.3 Å². The largest absolute Gasteiger partial charge is 0.388 e. The second kappa shape index (κ2) is 4.61. The minimum absolute atomic E-state index is 0.00106. The van der Waals surface area contributed by atoms with Gasteiger partial charge in [0.15, 0.2) is 0 Å². The first-order valence-electron chi connectivity index (χ1n) is 5.08. The predicted octanol–water partition coefficient (Wildman–Crippen LogP) is 2.88. The number of benzene rings is 1. The van der Waals surface area contributed by atoms with Crippen LogP contribution in [0.4, 0.5) is 5.69 Å². The molecule has 4 nitrogen and oxygen atoms in total. The smallest absolute Gasteiger partial charge is 0.269 e. The van der Waals surface area contributed by atoms with Crippen LogP contribution in [0.5, 0.6) is 0 Å². The molecule has 0 amide bonds. The molecule has 0 fully saturated rings. The van der Waals surface area contributed by atoms with E-state index in [-0.39, 0.29) is 11.1 Å². The van der Waals surface area contributed by atoms with Gasteiger partial charge in [-0.3, -0.25) is 10.1 Å². The van der Waals surface area contributed by atoms with Crippen LogP contribution in [0.1, 0.15) is 32.4 Å². The van der Waals surface area contributed by atoms with E-state index in [1.54, 1.807) is 18.6 Å². The van der Waals surface area contributed by atoms with Crippen molar-refractivity contribution in [1.82, 2.24) is 0 Å². The highest BCUT2D eigenvalue weighted by atomic mass is 16.6. The Morgan fingerprint density at radius 2 is 2.06 bits per heavy atom. The van der Waals surface area contributed by atoms with Crippen LogP contribution < -0.4 is 0 Å². The summed E-state index contributed by atoms with van der Waals surface area (Å²) in [5.41, 5.74) is 0.410. The van der Waals surface area contributed by atoms with Crippen molar-refractivity contribution in [3.8, 4) is 0 Å². The quantitative estimate of drug-likeness (QED) is 0.631. The van der Waals surface area contributed by atoms with Crippen LogP contribution in [0.3, 0.4) is 0 Å². The Morgan fingerprint density at radius 1 is 1.44 bits per heavy atom. The van der Waals surface area contributed by atoms with Crippen LogP contribution in [0, 0.1) is 22.0 Å². The Bertz CT molecular complexity index is 382. The fourth-order valence-electron chi connectivity index (χ4n) is 1.39. The average Bonchev–Trinajstić information content (AvgIpc) is 2.15. The van der Waals surface area contributed by atoms with Crippen LogP contribution in [0.25, 0.3) is 0 Å². The molecule has 0 saturated heterocycles. The highest BCUT2D eigenvalue weighted by Crippen LogP contribution is 2.29. The lowest BCUT2D eigenvalue weighted by Crippen LogP contribution is -2.12. The lowest BCUT2D eigenvalue weighted by Gasteiger charge is -2.21. The van der Waals surface area contributed by atoms with Gasteiger partial charge in [0.1, 0.15) is 0 Å². The summed E-state index contributed by atoms with van der Waals surface area (Å²) >= 11 is 0. The zero-order chi connectivity index (χ0) is 12.3. The second-order valence-electron chi connectivity index (χ2n) is 4.83. The topological polar surface area (TPSA) is 63.4 Å². The van der Waals surface area contributed by atoms with E-state index in [4.69, 9.17) is 0 Å². The van der Waals surface area contributed by atoms with Gasteiger partial charge in [-0.05, 0) is 17.4 Å². The Hall–Kier alpha value is -1.42. The summed E-state index contributed by atoms with van der Waals surface area (Å²) < 4.78 is 0. The molecule has 1 aromatic rings. The van der Waals surface area contributed by atoms with E-state index >= 15 is 0 Å². The van der Waals surface area contributed by atoms with Gasteiger partial charge in [0.05, 0.1) is 11.0 Å². The molecule has 1 radical (unpaired) electrons. The Balaban J connectivity index is 2.87. The molecule has 0 aromatic heterocycles. The fourth-order valence-corrected chi connectivity index (χ4v) is 1.39. The van der Waals surface area contributed by atoms with E-state index < -0.39 is 11.0 Å². The molecule has 0 heterocycles. The molecule has 0 saturated carbocycles. The highest BCUT2D eigenvalue weighted by molar-refractivity contribution is 5.36. The third kappa shape index (κ3) is 3.62. The number of aliphatic hydroxyl groups excluding tert-OH is 1. The summed E-state index contributed by atoms with van der Waals surface area (Å²) in [7, 11) is 0. The second-order valence-corrected chi connectivity index (χ2v) is 4.83. The number of hydrogen-bond donors (Lipinski definition) is 1. The standard InChI is InChI=1S/C12H16NO3/c1-12(2,3)8-11(14)9-5-4-6-10(7-9)13(15)16/h4-8,11,14H,1-3H3. The number of nitrogens with zero attached hydrogens (tertiary/aromatic N) is 1. The van der Waals surface area contributed by atoms with Crippen molar-refractivity contribution in [2.24, 2.45) is 5.41 Å². The first-order valence-corrected chi connectivity index (χ1v) is 5.08. The molecule has 4 heteroatoms. The zero-order valence-electron chi connectivity index (χ0n) is 9.68. The maximum absolute atomic E-state index is 10.6. The van der Waals surface area contributed by atoms with Crippen molar-refractivity contribution in [3.05, 3.63) is 46.4 Å². The van der Waals surface area contributed by atoms with Crippen LogP contribution in [0.2, 0.25) is 0 Å². The molecule has 1 aromatic carbocycles. The van der Waals surface area contributed by atoms with E-state index in [9.17, 15) is 15.2 Å². The highest BCUT2D eigenvalue weighted by Gasteiger charge is 2.19. The van der Waals surface area contributed by atoms with Gasteiger partial charge in [0.25, 0.3) is 5.69 Å². The van der Waals surface area contributed by atoms with Gasteiger partial charge in [-0.1, -0.05) is 32.9 Å². The van der Waals surface area contributed by atoms with Crippen molar-refractivity contribution in [1.29, 1.82) is 0 Å². The number of nitro groups is 1. The molecule has 0 spiro atoms. The normalized spacial score (nSPS) is 13.5. The summed E-state index contributed by atoms with van der Waals surface area (Å²) in [6, 6.07) is 6.06. The third-order valence-electron chi connectivity index (χ3n) is 2.08. The number of nitro benzene ring substituents is 1. The minimum Gasteiger partial charge on any atom is -0.388 e. The van der Waals surface area contributed by atoms with E-state index in [1.807, 2.05) is 20.8 Å². The van der Waals surface area contributed by atoms with Crippen molar-refractivity contribution in [2.75, 3.05) is 0 Å². The van der Waals surface area contributed by atoms with Gasteiger partial charge in [-0.2, -0.15) is 0 Å². The SMILES string of the molecule is CC(C)(C)[CH]C(O)c1cccc([N+](=O)[O-])c1. The molecule has 1 unspecified atom stereocenters. The van der Waals surface area contributed by atoms with Crippen molar-refractivity contribution in [3.63, 3.8) is 0 Å². The number of hydrogen-bond acceptors (Lipinski definition) is 3. The Kier molecular flexibility index (Phi) is 3.65. The predicted molar refractivity (Wildman–Crippen MR) is 61.8 cm³/mol. The van der Waals surface area contributed by atoms with E-state index in [0.717, 1.165) is 0 Å². The molecule has 87 valence electrons. The number of aliphatic hydroxyl groups is 1. The van der Waals surface area contributed by atoms with E-state index in [2.05, 4.69) is 0 Å². The van der Waals surface area contributed by atoms with Gasteiger partial charge in [-0.15, -0.1) is 0 Å². The van der Waals surface area contributed by atoms with Crippen LogP contribution in [-0.4, -0.2) is 10.0 Å². The van der Waals surface area contributed by atoms with Gasteiger partial charge >= 0.3 is 0 Å². The van der Waals surface area contributed by atoms with Gasteiger partial charge < -0.3 is 5.11 Å². The Morgan fingerprint density at radius 3 is 2.56 bits per heavy atom. The molecular weight excluding hydrogens is 206 g/mol. The molecule has 0 aliphatic rings. The molecule has 1 rings (SSSR count).